The van der Waals surface area contributed by atoms with Crippen LogP contribution in [0.25, 0.3) is 0 Å². The van der Waals surface area contributed by atoms with Gasteiger partial charge in [0.05, 0.1) is 23.9 Å². The van der Waals surface area contributed by atoms with Crippen molar-refractivity contribution in [1.82, 2.24) is 10.6 Å². The molecule has 3 rings (SSSR count). The van der Waals surface area contributed by atoms with Gasteiger partial charge in [0.2, 0.25) is 0 Å². The molecule has 0 aliphatic carbocycles. The van der Waals surface area contributed by atoms with Gasteiger partial charge in [-0.25, -0.2) is 14.4 Å². The van der Waals surface area contributed by atoms with Crippen molar-refractivity contribution in [2.75, 3.05) is 13.2 Å². The Morgan fingerprint density at radius 2 is 1.88 bits per heavy atom. The van der Waals surface area contributed by atoms with Crippen LogP contribution in [0.5, 0.6) is 0 Å². The highest BCUT2D eigenvalue weighted by Gasteiger charge is 2.34. The van der Waals surface area contributed by atoms with E-state index in [9.17, 15) is 14.4 Å². The minimum Gasteiger partial charge on any atom is -0.463 e. The fourth-order valence-corrected chi connectivity index (χ4v) is 3.85. The average molecular weight is 392 g/mol. The fourth-order valence-electron chi connectivity index (χ4n) is 2.45. The predicted molar refractivity (Wildman–Crippen MR) is 97.0 cm³/mol. The molecule has 26 heavy (non-hydrogen) atoms. The van der Waals surface area contributed by atoms with E-state index in [4.69, 9.17) is 9.47 Å². The monoisotopic (exact) mass is 392 g/mol. The summed E-state index contributed by atoms with van der Waals surface area (Å²) in [6.45, 7) is 1.65. The van der Waals surface area contributed by atoms with E-state index in [1.54, 1.807) is 24.4 Å². The Hall–Kier alpha value is -2.65. The summed E-state index contributed by atoms with van der Waals surface area (Å²) in [5.74, 6) is -1.09. The molecule has 0 aromatic carbocycles. The molecule has 3 heterocycles. The normalized spacial score (nSPS) is 16.7. The number of amides is 2. The summed E-state index contributed by atoms with van der Waals surface area (Å²) in [5, 5.41) is 8.89. The molecule has 9 heteroatoms. The number of urea groups is 1. The van der Waals surface area contributed by atoms with Crippen LogP contribution in [-0.4, -0.2) is 31.2 Å². The summed E-state index contributed by atoms with van der Waals surface area (Å²) in [6.07, 6.45) is 0. The Kier molecular flexibility index (Phi) is 5.69. The van der Waals surface area contributed by atoms with Crippen molar-refractivity contribution in [2.45, 2.75) is 13.0 Å². The van der Waals surface area contributed by atoms with Crippen LogP contribution in [0, 0.1) is 0 Å². The number of esters is 2. The lowest BCUT2D eigenvalue weighted by atomic mass is 10.0. The molecular weight excluding hydrogens is 376 g/mol. The van der Waals surface area contributed by atoms with Gasteiger partial charge in [0.1, 0.15) is 11.5 Å². The number of carbonyl (C=O) groups excluding carboxylic acids is 3. The highest BCUT2D eigenvalue weighted by atomic mass is 32.1. The summed E-state index contributed by atoms with van der Waals surface area (Å²) in [7, 11) is 0. The van der Waals surface area contributed by atoms with E-state index in [2.05, 4.69) is 10.6 Å². The second-order valence-corrected chi connectivity index (χ2v) is 7.14. The zero-order valence-electron chi connectivity index (χ0n) is 13.8. The summed E-state index contributed by atoms with van der Waals surface area (Å²) in [4.78, 5) is 37.8. The van der Waals surface area contributed by atoms with Gasteiger partial charge < -0.3 is 20.1 Å². The van der Waals surface area contributed by atoms with Crippen molar-refractivity contribution in [3.05, 3.63) is 56.1 Å². The Labute approximate surface area is 157 Å². The van der Waals surface area contributed by atoms with Crippen LogP contribution < -0.4 is 10.6 Å². The molecule has 136 valence electrons. The van der Waals surface area contributed by atoms with E-state index in [0.717, 1.165) is 4.88 Å². The van der Waals surface area contributed by atoms with Crippen molar-refractivity contribution in [3.63, 3.8) is 0 Å². The maximum absolute atomic E-state index is 12.5. The predicted octanol–water partition coefficient (Wildman–Crippen LogP) is 2.84. The van der Waals surface area contributed by atoms with Gasteiger partial charge >= 0.3 is 18.0 Å². The van der Waals surface area contributed by atoms with Gasteiger partial charge in [-0.05, 0) is 29.8 Å². The number of nitrogens with one attached hydrogen (secondary N) is 2. The third kappa shape index (κ3) is 3.94. The molecular formula is C17H16N2O5S2. The third-order valence-corrected chi connectivity index (χ3v) is 5.33. The molecule has 0 spiro atoms. The quantitative estimate of drug-likeness (QED) is 0.738. The van der Waals surface area contributed by atoms with Crippen LogP contribution in [0.4, 0.5) is 4.79 Å². The lowest BCUT2D eigenvalue weighted by molar-refractivity contribution is -0.139. The third-order valence-electron chi connectivity index (χ3n) is 3.55. The average Bonchev–Trinajstić information content (AvgIpc) is 3.32. The maximum atomic E-state index is 12.5. The largest absolute Gasteiger partial charge is 0.463 e. The number of hydrogen-bond acceptors (Lipinski definition) is 7. The van der Waals surface area contributed by atoms with E-state index in [-0.39, 0.29) is 24.5 Å². The first-order valence-corrected chi connectivity index (χ1v) is 9.57. The van der Waals surface area contributed by atoms with Gasteiger partial charge in [-0.1, -0.05) is 12.1 Å². The minimum atomic E-state index is -0.654. The molecule has 2 aromatic rings. The van der Waals surface area contributed by atoms with Crippen molar-refractivity contribution in [2.24, 2.45) is 0 Å². The molecule has 0 fully saturated rings. The molecule has 0 unspecified atom stereocenters. The molecule has 1 aliphatic heterocycles. The van der Waals surface area contributed by atoms with Crippen molar-refractivity contribution in [1.29, 1.82) is 0 Å². The van der Waals surface area contributed by atoms with E-state index in [1.165, 1.54) is 22.7 Å². The Morgan fingerprint density at radius 3 is 2.54 bits per heavy atom. The molecule has 7 nitrogen and oxygen atoms in total. The van der Waals surface area contributed by atoms with Gasteiger partial charge in [-0.2, -0.15) is 0 Å². The van der Waals surface area contributed by atoms with Crippen LogP contribution in [-0.2, 0) is 14.3 Å². The van der Waals surface area contributed by atoms with Gasteiger partial charge in [-0.15, -0.1) is 22.7 Å². The number of ether oxygens (including phenoxy) is 2. The zero-order chi connectivity index (χ0) is 18.5. The molecule has 2 amide bonds. The van der Waals surface area contributed by atoms with Crippen LogP contribution in [0.2, 0.25) is 0 Å². The van der Waals surface area contributed by atoms with E-state index >= 15 is 0 Å². The first kappa shape index (κ1) is 18.2. The maximum Gasteiger partial charge on any atom is 0.348 e. The Balaban J connectivity index is 1.89. The second kappa shape index (κ2) is 8.15. The van der Waals surface area contributed by atoms with E-state index in [0.29, 0.717) is 4.88 Å². The number of rotatable bonds is 6. The fraction of sp³-hybridized carbons (Fsp3) is 0.235. The highest BCUT2D eigenvalue weighted by molar-refractivity contribution is 7.12. The van der Waals surface area contributed by atoms with Crippen LogP contribution in [0.1, 0.15) is 27.5 Å². The molecule has 0 saturated carbocycles. The van der Waals surface area contributed by atoms with E-state index in [1.807, 2.05) is 17.5 Å². The molecule has 1 atom stereocenters. The second-order valence-electron chi connectivity index (χ2n) is 5.21. The van der Waals surface area contributed by atoms with E-state index < -0.39 is 24.0 Å². The van der Waals surface area contributed by atoms with Crippen LogP contribution in [0.15, 0.2) is 46.3 Å². The smallest absolute Gasteiger partial charge is 0.348 e. The van der Waals surface area contributed by atoms with Gasteiger partial charge in [0, 0.05) is 4.88 Å². The molecule has 1 aliphatic rings. The van der Waals surface area contributed by atoms with Crippen molar-refractivity contribution < 1.29 is 23.9 Å². The summed E-state index contributed by atoms with van der Waals surface area (Å²) >= 11 is 2.66. The zero-order valence-corrected chi connectivity index (χ0v) is 15.4. The molecule has 2 aromatic heterocycles. The van der Waals surface area contributed by atoms with Gasteiger partial charge in [0.15, 0.2) is 0 Å². The van der Waals surface area contributed by atoms with Gasteiger partial charge in [-0.3, -0.25) is 0 Å². The number of carbonyl (C=O) groups is 3. The Bertz CT molecular complexity index is 827. The SMILES string of the molecule is CCOC(=O)C1=C(COC(=O)c2cccs2)NC(=O)N[C@@H]1c1cccs1. The summed E-state index contributed by atoms with van der Waals surface area (Å²) in [5.41, 5.74) is 0.448. The highest BCUT2D eigenvalue weighted by Crippen LogP contribution is 2.30. The lowest BCUT2D eigenvalue weighted by Crippen LogP contribution is -2.46. The standard InChI is InChI=1S/C17H16N2O5S2/c1-2-23-16(21)13-10(9-24-15(20)12-6-4-8-26-12)18-17(22)19-14(13)11-5-3-7-25-11/h3-8,14H,2,9H2,1H3,(H2,18,19,22)/t14-/m1/s1. The first-order valence-electron chi connectivity index (χ1n) is 7.81. The van der Waals surface area contributed by atoms with Crippen molar-refractivity contribution in [3.8, 4) is 0 Å². The molecule has 2 N–H and O–H groups in total. The van der Waals surface area contributed by atoms with Gasteiger partial charge in [0.25, 0.3) is 0 Å². The lowest BCUT2D eigenvalue weighted by Gasteiger charge is -2.28. The van der Waals surface area contributed by atoms with Crippen LogP contribution >= 0.6 is 22.7 Å². The molecule has 0 radical (unpaired) electrons. The topological polar surface area (TPSA) is 93.7 Å². The minimum absolute atomic E-state index is 0.190. The number of hydrogen-bond donors (Lipinski definition) is 2. The first-order chi connectivity index (χ1) is 12.6. The van der Waals surface area contributed by atoms with Crippen LogP contribution in [0.3, 0.4) is 0 Å². The number of thiophene rings is 2. The molecule has 0 saturated heterocycles. The summed E-state index contributed by atoms with van der Waals surface area (Å²) in [6, 6.07) is 5.90. The summed E-state index contributed by atoms with van der Waals surface area (Å²) < 4.78 is 10.4. The van der Waals surface area contributed by atoms with Crippen molar-refractivity contribution >= 4 is 40.6 Å². The molecule has 0 bridgehead atoms. The Morgan fingerprint density at radius 1 is 1.12 bits per heavy atom.